The van der Waals surface area contributed by atoms with Crippen LogP contribution in [-0.4, -0.2) is 17.1 Å². The van der Waals surface area contributed by atoms with Crippen molar-refractivity contribution in [1.29, 1.82) is 0 Å². The second-order valence-corrected chi connectivity index (χ2v) is 4.51. The summed E-state index contributed by atoms with van der Waals surface area (Å²) in [6.45, 7) is 0. The Morgan fingerprint density at radius 2 is 2.11 bits per heavy atom. The van der Waals surface area contributed by atoms with Crippen LogP contribution in [-0.2, 0) is 0 Å². The number of hydrogen-bond acceptors (Lipinski definition) is 6. The molecule has 0 aliphatic heterocycles. The van der Waals surface area contributed by atoms with E-state index < -0.39 is 0 Å². The quantitative estimate of drug-likeness (QED) is 0.566. The van der Waals surface area contributed by atoms with E-state index in [0.717, 1.165) is 4.90 Å². The number of benzene rings is 1. The fourth-order valence-electron chi connectivity index (χ4n) is 1.35. The lowest BCUT2D eigenvalue weighted by Crippen LogP contribution is -2.09. The lowest BCUT2D eigenvalue weighted by Gasteiger charge is -2.07. The maximum atomic E-state index is 11.2. The smallest absolute Gasteiger partial charge is 0.253 e. The van der Waals surface area contributed by atoms with Crippen LogP contribution >= 0.6 is 11.8 Å². The summed E-state index contributed by atoms with van der Waals surface area (Å²) in [6, 6.07) is 6.50. The van der Waals surface area contributed by atoms with Crippen LogP contribution in [0.15, 0.2) is 39.1 Å². The van der Waals surface area contributed by atoms with Crippen LogP contribution in [0, 0.1) is 0 Å². The highest BCUT2D eigenvalue weighted by Gasteiger charge is 2.06. The van der Waals surface area contributed by atoms with E-state index >= 15 is 0 Å². The van der Waals surface area contributed by atoms with E-state index in [2.05, 4.69) is 9.97 Å². The zero-order valence-electron chi connectivity index (χ0n) is 9.64. The number of nitrogen functional groups attached to an aromatic ring is 2. The summed E-state index contributed by atoms with van der Waals surface area (Å²) in [4.78, 5) is 18.6. The molecule has 0 atom stereocenters. The van der Waals surface area contributed by atoms with Crippen molar-refractivity contribution in [1.82, 2.24) is 9.97 Å². The molecule has 0 fully saturated rings. The minimum absolute atomic E-state index is 0.174. The lowest BCUT2D eigenvalue weighted by molar-refractivity contribution is 0.415. The van der Waals surface area contributed by atoms with Crippen molar-refractivity contribution in [3.05, 3.63) is 34.6 Å². The van der Waals surface area contributed by atoms with E-state index in [4.69, 9.17) is 16.2 Å². The highest BCUT2D eigenvalue weighted by atomic mass is 32.2. The van der Waals surface area contributed by atoms with E-state index in [-0.39, 0.29) is 11.4 Å². The predicted octanol–water partition coefficient (Wildman–Crippen LogP) is 1.09. The SMILES string of the molecule is COc1ccc(Sc2nc(N)cc(=O)[nH]2)c(N)c1. The number of aromatic amines is 1. The van der Waals surface area contributed by atoms with Gasteiger partial charge in [0.1, 0.15) is 11.6 Å². The van der Waals surface area contributed by atoms with Crippen LogP contribution in [0.1, 0.15) is 0 Å². The Kier molecular flexibility index (Phi) is 3.42. The van der Waals surface area contributed by atoms with Crippen LogP contribution in [0.2, 0.25) is 0 Å². The first-order valence-electron chi connectivity index (χ1n) is 5.06. The molecule has 1 aromatic carbocycles. The third kappa shape index (κ3) is 2.75. The Hall–Kier alpha value is -2.15. The normalized spacial score (nSPS) is 10.3. The molecule has 0 aliphatic rings. The highest BCUT2D eigenvalue weighted by Crippen LogP contribution is 2.31. The van der Waals surface area contributed by atoms with Crippen molar-refractivity contribution in [2.75, 3.05) is 18.6 Å². The van der Waals surface area contributed by atoms with Gasteiger partial charge in [0.15, 0.2) is 5.16 Å². The molecule has 18 heavy (non-hydrogen) atoms. The van der Waals surface area contributed by atoms with E-state index in [1.165, 1.54) is 17.8 Å². The van der Waals surface area contributed by atoms with Gasteiger partial charge in [0.2, 0.25) is 0 Å². The summed E-state index contributed by atoms with van der Waals surface area (Å²) in [5.74, 6) is 0.846. The third-order valence-electron chi connectivity index (χ3n) is 2.16. The van der Waals surface area contributed by atoms with Crippen molar-refractivity contribution >= 4 is 23.3 Å². The average Bonchev–Trinajstić information content (AvgIpc) is 2.30. The Labute approximate surface area is 107 Å². The molecule has 0 bridgehead atoms. The van der Waals surface area contributed by atoms with E-state index in [1.807, 2.05) is 0 Å². The standard InChI is InChI=1S/C11H12N4O2S/c1-17-6-2-3-8(7(12)4-6)18-11-14-9(13)5-10(16)15-11/h2-5H,12H2,1H3,(H3,13,14,15,16). The number of ether oxygens (including phenoxy) is 1. The highest BCUT2D eigenvalue weighted by molar-refractivity contribution is 7.99. The van der Waals surface area contributed by atoms with Crippen molar-refractivity contribution in [2.45, 2.75) is 10.1 Å². The summed E-state index contributed by atoms with van der Waals surface area (Å²) in [5, 5.41) is 0.400. The van der Waals surface area contributed by atoms with Gasteiger partial charge in [-0.15, -0.1) is 0 Å². The van der Waals surface area contributed by atoms with Gasteiger partial charge >= 0.3 is 0 Å². The van der Waals surface area contributed by atoms with Crippen molar-refractivity contribution < 1.29 is 4.74 Å². The molecule has 0 spiro atoms. The molecule has 6 nitrogen and oxygen atoms in total. The molecule has 2 aromatic rings. The number of anilines is 2. The lowest BCUT2D eigenvalue weighted by atomic mass is 10.3. The molecule has 2 rings (SSSR count). The van der Waals surface area contributed by atoms with Gasteiger partial charge in [-0.3, -0.25) is 4.79 Å². The van der Waals surface area contributed by atoms with Gasteiger partial charge in [0.05, 0.1) is 7.11 Å². The minimum atomic E-state index is -0.294. The van der Waals surface area contributed by atoms with Crippen molar-refractivity contribution in [3.8, 4) is 5.75 Å². The van der Waals surface area contributed by atoms with Crippen LogP contribution < -0.4 is 21.8 Å². The zero-order chi connectivity index (χ0) is 13.1. The molecule has 0 saturated heterocycles. The summed E-state index contributed by atoms with van der Waals surface area (Å²) in [5.41, 5.74) is 11.6. The van der Waals surface area contributed by atoms with Crippen LogP contribution in [0.3, 0.4) is 0 Å². The van der Waals surface area contributed by atoms with Gasteiger partial charge in [-0.25, -0.2) is 4.98 Å². The van der Waals surface area contributed by atoms with Gasteiger partial charge < -0.3 is 21.2 Å². The van der Waals surface area contributed by atoms with Crippen LogP contribution in [0.5, 0.6) is 5.75 Å². The minimum Gasteiger partial charge on any atom is -0.497 e. The average molecular weight is 264 g/mol. The second-order valence-electron chi connectivity index (χ2n) is 3.48. The number of rotatable bonds is 3. The Balaban J connectivity index is 2.31. The molecule has 0 aliphatic carbocycles. The molecule has 94 valence electrons. The molecular formula is C11H12N4O2S. The van der Waals surface area contributed by atoms with E-state index in [9.17, 15) is 4.79 Å². The Morgan fingerprint density at radius 1 is 1.33 bits per heavy atom. The Bertz CT molecular complexity index is 627. The van der Waals surface area contributed by atoms with E-state index in [0.29, 0.717) is 16.6 Å². The largest absolute Gasteiger partial charge is 0.497 e. The molecule has 0 amide bonds. The maximum Gasteiger partial charge on any atom is 0.253 e. The van der Waals surface area contributed by atoms with Crippen LogP contribution in [0.4, 0.5) is 11.5 Å². The fourth-order valence-corrected chi connectivity index (χ4v) is 2.18. The van der Waals surface area contributed by atoms with Crippen molar-refractivity contribution in [2.24, 2.45) is 0 Å². The summed E-state index contributed by atoms with van der Waals surface area (Å²) in [6.07, 6.45) is 0. The van der Waals surface area contributed by atoms with Gasteiger partial charge in [0.25, 0.3) is 5.56 Å². The molecule has 0 unspecified atom stereocenters. The number of nitrogens with one attached hydrogen (secondary N) is 1. The summed E-state index contributed by atoms with van der Waals surface area (Å²) < 4.78 is 5.06. The third-order valence-corrected chi connectivity index (χ3v) is 3.14. The number of nitrogens with two attached hydrogens (primary N) is 2. The maximum absolute atomic E-state index is 11.2. The van der Waals surface area contributed by atoms with Gasteiger partial charge in [-0.2, -0.15) is 0 Å². The first-order valence-corrected chi connectivity index (χ1v) is 5.88. The molecular weight excluding hydrogens is 252 g/mol. The van der Waals surface area contributed by atoms with Crippen molar-refractivity contribution in [3.63, 3.8) is 0 Å². The predicted molar refractivity (Wildman–Crippen MR) is 70.8 cm³/mol. The number of hydrogen-bond donors (Lipinski definition) is 3. The summed E-state index contributed by atoms with van der Waals surface area (Å²) >= 11 is 1.23. The van der Waals surface area contributed by atoms with Crippen LogP contribution in [0.25, 0.3) is 0 Å². The first-order chi connectivity index (χ1) is 8.58. The number of aromatic nitrogens is 2. The molecule has 1 aromatic heterocycles. The number of methoxy groups -OCH3 is 1. The molecule has 5 N–H and O–H groups in total. The Morgan fingerprint density at radius 3 is 2.72 bits per heavy atom. The zero-order valence-corrected chi connectivity index (χ0v) is 10.5. The first kappa shape index (κ1) is 12.3. The van der Waals surface area contributed by atoms with Gasteiger partial charge in [-0.05, 0) is 23.9 Å². The number of nitrogens with zero attached hydrogens (tertiary/aromatic N) is 1. The molecule has 1 heterocycles. The molecule has 0 radical (unpaired) electrons. The topological polar surface area (TPSA) is 107 Å². The monoisotopic (exact) mass is 264 g/mol. The van der Waals surface area contributed by atoms with Gasteiger partial charge in [0, 0.05) is 22.7 Å². The van der Waals surface area contributed by atoms with Gasteiger partial charge in [-0.1, -0.05) is 0 Å². The molecule has 7 heteroatoms. The van der Waals surface area contributed by atoms with E-state index in [1.54, 1.807) is 25.3 Å². The fraction of sp³-hybridized carbons (Fsp3) is 0.0909. The number of H-pyrrole nitrogens is 1. The summed E-state index contributed by atoms with van der Waals surface area (Å²) in [7, 11) is 1.57. The molecule has 0 saturated carbocycles. The second kappa shape index (κ2) is 5.01.